The van der Waals surface area contributed by atoms with Crippen LogP contribution in [0.1, 0.15) is 38.2 Å². The summed E-state index contributed by atoms with van der Waals surface area (Å²) < 4.78 is 43.0. The molecule has 0 unspecified atom stereocenters. The van der Waals surface area contributed by atoms with Crippen molar-refractivity contribution in [3.8, 4) is 17.2 Å². The smallest absolute Gasteiger partial charge is 0.244 e. The number of amides is 2. The molecule has 2 aliphatic rings. The molecule has 1 aliphatic heterocycles. The van der Waals surface area contributed by atoms with Crippen LogP contribution in [0.4, 0.5) is 5.69 Å². The Hall–Kier alpha value is -3.47. The minimum Gasteiger partial charge on any atom is -0.497 e. The van der Waals surface area contributed by atoms with Gasteiger partial charge in [-0.25, -0.2) is 8.42 Å². The van der Waals surface area contributed by atoms with Gasteiger partial charge < -0.3 is 24.4 Å². The van der Waals surface area contributed by atoms with Crippen molar-refractivity contribution >= 4 is 27.5 Å². The first-order chi connectivity index (χ1) is 18.2. The van der Waals surface area contributed by atoms with Crippen molar-refractivity contribution in [3.63, 3.8) is 0 Å². The Morgan fingerprint density at radius 3 is 2.34 bits per heavy atom. The predicted molar refractivity (Wildman–Crippen MR) is 143 cm³/mol. The second-order valence-electron chi connectivity index (χ2n) is 9.63. The van der Waals surface area contributed by atoms with Gasteiger partial charge in [0.25, 0.3) is 0 Å². The first kappa shape index (κ1) is 27.6. The third-order valence-corrected chi connectivity index (χ3v) is 8.01. The molecule has 2 aromatic carbocycles. The SMILES string of the molecule is COc1ccc(CN(C(=O)CN(c2ccc3c(c2)OCCO3)S(C)(=O)=O)[C@@H](C)C(=O)NC2CCCC2)cc1. The van der Waals surface area contributed by atoms with E-state index in [1.165, 1.54) is 4.90 Å². The van der Waals surface area contributed by atoms with Gasteiger partial charge in [0.15, 0.2) is 11.5 Å². The molecule has 1 heterocycles. The van der Waals surface area contributed by atoms with E-state index in [0.29, 0.717) is 30.5 Å². The van der Waals surface area contributed by atoms with Crippen LogP contribution in [0.5, 0.6) is 17.2 Å². The van der Waals surface area contributed by atoms with Crippen molar-refractivity contribution in [2.45, 2.75) is 51.2 Å². The summed E-state index contributed by atoms with van der Waals surface area (Å²) in [5.41, 5.74) is 1.06. The lowest BCUT2D eigenvalue weighted by atomic mass is 10.1. The number of hydrogen-bond donors (Lipinski definition) is 1. The van der Waals surface area contributed by atoms with E-state index in [1.54, 1.807) is 44.4 Å². The minimum absolute atomic E-state index is 0.0909. The molecule has 11 heteroatoms. The Labute approximate surface area is 223 Å². The normalized spacial score (nSPS) is 16.0. The van der Waals surface area contributed by atoms with Crippen LogP contribution in [0.15, 0.2) is 42.5 Å². The zero-order chi connectivity index (χ0) is 27.3. The van der Waals surface area contributed by atoms with Gasteiger partial charge >= 0.3 is 0 Å². The van der Waals surface area contributed by atoms with E-state index in [0.717, 1.165) is 41.8 Å². The first-order valence-corrected chi connectivity index (χ1v) is 14.6. The van der Waals surface area contributed by atoms with E-state index >= 15 is 0 Å². The van der Waals surface area contributed by atoms with Crippen molar-refractivity contribution < 1.29 is 32.2 Å². The third-order valence-electron chi connectivity index (χ3n) is 6.87. The Kier molecular flexibility index (Phi) is 8.65. The van der Waals surface area contributed by atoms with Gasteiger partial charge in [-0.1, -0.05) is 25.0 Å². The van der Waals surface area contributed by atoms with Gasteiger partial charge in [-0.3, -0.25) is 13.9 Å². The molecule has 0 radical (unpaired) electrons. The lowest BCUT2D eigenvalue weighted by Crippen LogP contribution is -2.52. The lowest BCUT2D eigenvalue weighted by Gasteiger charge is -2.32. The fraction of sp³-hybridized carbons (Fsp3) is 0.481. The molecule has 1 atom stereocenters. The quantitative estimate of drug-likeness (QED) is 0.488. The van der Waals surface area contributed by atoms with Crippen LogP contribution < -0.4 is 23.8 Å². The van der Waals surface area contributed by atoms with E-state index < -0.39 is 28.5 Å². The van der Waals surface area contributed by atoms with Gasteiger partial charge in [0.2, 0.25) is 21.8 Å². The molecular weight excluding hydrogens is 510 g/mol. The zero-order valence-electron chi connectivity index (χ0n) is 22.0. The predicted octanol–water partition coefficient (Wildman–Crippen LogP) is 2.71. The Morgan fingerprint density at radius 1 is 1.05 bits per heavy atom. The van der Waals surface area contributed by atoms with Crippen LogP contribution in [0, 0.1) is 0 Å². The summed E-state index contributed by atoms with van der Waals surface area (Å²) in [7, 11) is -2.28. The molecule has 0 saturated heterocycles. The number of ether oxygens (including phenoxy) is 3. The number of hydrogen-bond acceptors (Lipinski definition) is 7. The summed E-state index contributed by atoms with van der Waals surface area (Å²) in [6.45, 7) is 2.07. The topological polar surface area (TPSA) is 114 Å². The summed E-state index contributed by atoms with van der Waals surface area (Å²) in [5.74, 6) is 0.826. The van der Waals surface area contributed by atoms with Crippen LogP contribution in [-0.4, -0.2) is 70.3 Å². The second kappa shape index (κ2) is 11.9. The van der Waals surface area contributed by atoms with Crippen molar-refractivity contribution in [1.82, 2.24) is 10.2 Å². The maximum atomic E-state index is 13.7. The van der Waals surface area contributed by atoms with Crippen molar-refractivity contribution in [2.24, 2.45) is 0 Å². The second-order valence-corrected chi connectivity index (χ2v) is 11.5. The summed E-state index contributed by atoms with van der Waals surface area (Å²) in [6, 6.07) is 11.2. The van der Waals surface area contributed by atoms with Gasteiger partial charge in [-0.15, -0.1) is 0 Å². The molecule has 1 N–H and O–H groups in total. The van der Waals surface area contributed by atoms with E-state index in [9.17, 15) is 18.0 Å². The molecule has 2 aromatic rings. The van der Waals surface area contributed by atoms with Crippen LogP contribution in [-0.2, 0) is 26.2 Å². The van der Waals surface area contributed by atoms with Gasteiger partial charge in [-0.05, 0) is 49.6 Å². The van der Waals surface area contributed by atoms with Gasteiger partial charge in [0, 0.05) is 18.7 Å². The number of rotatable bonds is 10. The molecule has 38 heavy (non-hydrogen) atoms. The third kappa shape index (κ3) is 6.69. The molecule has 0 aromatic heterocycles. The highest BCUT2D eigenvalue weighted by Gasteiger charge is 2.32. The van der Waals surface area contributed by atoms with Gasteiger partial charge in [0.05, 0.1) is 19.1 Å². The van der Waals surface area contributed by atoms with E-state index in [2.05, 4.69) is 5.32 Å². The van der Waals surface area contributed by atoms with E-state index in [1.807, 2.05) is 12.1 Å². The summed E-state index contributed by atoms with van der Waals surface area (Å²) >= 11 is 0. The lowest BCUT2D eigenvalue weighted by molar-refractivity contribution is -0.139. The molecular formula is C27H35N3O7S. The monoisotopic (exact) mass is 545 g/mol. The van der Waals surface area contributed by atoms with Crippen LogP contribution in [0.3, 0.4) is 0 Å². The van der Waals surface area contributed by atoms with Gasteiger partial charge in [-0.2, -0.15) is 0 Å². The molecule has 2 amide bonds. The molecule has 10 nitrogen and oxygen atoms in total. The van der Waals surface area contributed by atoms with Crippen LogP contribution in [0.2, 0.25) is 0 Å². The maximum absolute atomic E-state index is 13.7. The van der Waals surface area contributed by atoms with Crippen molar-refractivity contribution in [3.05, 3.63) is 48.0 Å². The summed E-state index contributed by atoms with van der Waals surface area (Å²) in [6.07, 6.45) is 4.99. The fourth-order valence-electron chi connectivity index (χ4n) is 4.70. The van der Waals surface area contributed by atoms with Crippen molar-refractivity contribution in [2.75, 3.05) is 37.4 Å². The molecule has 4 rings (SSSR count). The maximum Gasteiger partial charge on any atom is 0.244 e. The number of methoxy groups -OCH3 is 1. The number of fused-ring (bicyclic) bond motifs is 1. The highest BCUT2D eigenvalue weighted by atomic mass is 32.2. The zero-order valence-corrected chi connectivity index (χ0v) is 22.8. The molecule has 0 bridgehead atoms. The molecule has 206 valence electrons. The molecule has 0 spiro atoms. The van der Waals surface area contributed by atoms with E-state index in [4.69, 9.17) is 14.2 Å². The number of nitrogens with zero attached hydrogens (tertiary/aromatic N) is 2. The summed E-state index contributed by atoms with van der Waals surface area (Å²) in [5, 5.41) is 3.05. The first-order valence-electron chi connectivity index (χ1n) is 12.8. The number of benzene rings is 2. The van der Waals surface area contributed by atoms with Gasteiger partial charge in [0.1, 0.15) is 31.5 Å². The average Bonchev–Trinajstić information content (AvgIpc) is 3.42. The Morgan fingerprint density at radius 2 is 1.71 bits per heavy atom. The number of nitrogens with one attached hydrogen (secondary N) is 1. The average molecular weight is 546 g/mol. The van der Waals surface area contributed by atoms with Crippen molar-refractivity contribution in [1.29, 1.82) is 0 Å². The highest BCUT2D eigenvalue weighted by molar-refractivity contribution is 7.92. The number of carbonyl (C=O) groups is 2. The standard InChI is InChI=1S/C27H35N3O7S/c1-19(27(32)28-21-6-4-5-7-21)29(17-20-8-11-23(35-2)12-9-20)26(31)18-30(38(3,33)34)22-10-13-24-25(16-22)37-15-14-36-24/h8-13,16,19,21H,4-7,14-15,17-18H2,1-3H3,(H,28,32)/t19-/m0/s1. The number of anilines is 1. The molecule has 1 saturated carbocycles. The summed E-state index contributed by atoms with van der Waals surface area (Å²) in [4.78, 5) is 28.3. The van der Waals surface area contributed by atoms with Crippen LogP contribution >= 0.6 is 0 Å². The number of carbonyl (C=O) groups excluding carboxylic acids is 2. The number of sulfonamides is 1. The largest absolute Gasteiger partial charge is 0.497 e. The van der Waals surface area contributed by atoms with E-state index in [-0.39, 0.29) is 24.2 Å². The molecule has 1 aliphatic carbocycles. The minimum atomic E-state index is -3.85. The Bertz CT molecular complexity index is 1240. The molecule has 1 fully saturated rings. The fourth-order valence-corrected chi connectivity index (χ4v) is 5.54. The highest BCUT2D eigenvalue weighted by Crippen LogP contribution is 2.34. The van der Waals surface area contributed by atoms with Crippen LogP contribution in [0.25, 0.3) is 0 Å². The Balaban J connectivity index is 1.59.